The van der Waals surface area contributed by atoms with E-state index in [1.54, 1.807) is 34.6 Å². The summed E-state index contributed by atoms with van der Waals surface area (Å²) in [7, 11) is 3.15. The Bertz CT molecular complexity index is 4180. The van der Waals surface area contributed by atoms with Gasteiger partial charge in [0.25, 0.3) is 0 Å². The number of allylic oxidation sites excluding steroid dienone is 1. The SMILES string of the molecule is CCCC1(O)C(O[C@H]2CCC(O[C@H]3CC[C@@](O)(C(C)=O)[C@H](C)O3)[C@@H](C)O2)C(O)C(O[C@H]2C[C@@H](O)[C@@H](O)[C@H](C)O2)C2CC3C=c4c(OC)c(OC)c(=C5C(=O)c6c(O)c7c(c(O)c6C(O)=C5OC)C5OC6(CCC)C(O[C@H]8CCC(O)[C@@H](C)O8)C(O)C(O[C@H]8C[C@@H](O)[C@@H](O)[C@H](C)O8)C5C6(O)C7=O)c(O)c4C(=O)C3C(=O)C21O. The Kier molecular flexibility index (Phi) is 21.8. The molecule has 4 bridgehead atoms. The van der Waals surface area contributed by atoms with Gasteiger partial charge in [-0.1, -0.05) is 32.8 Å². The first-order chi connectivity index (χ1) is 52.4. The lowest BCUT2D eigenvalue weighted by Crippen LogP contribution is -2.81. The van der Waals surface area contributed by atoms with Gasteiger partial charge in [0.1, 0.15) is 70.7 Å². The molecule has 6 aliphatic carbocycles. The molecule has 2 aromatic carbocycles. The van der Waals surface area contributed by atoms with E-state index in [0.29, 0.717) is 0 Å². The number of Topliss-reactive ketones (excluding diaryl/α,β-unsaturated/α-hetero) is 5. The van der Waals surface area contributed by atoms with Gasteiger partial charge in [0, 0.05) is 48.8 Å². The van der Waals surface area contributed by atoms with E-state index in [9.17, 15) is 81.4 Å². The van der Waals surface area contributed by atoms with Crippen molar-refractivity contribution < 1.29 is 167 Å². The first-order valence-corrected chi connectivity index (χ1v) is 38.3. The standard InChI is InChI=1S/C77H102O34/c1-12-19-74(95)71(109-40-17-15-38(27(4)102-40)106-41-18-21-73(94,30(7)78)31(8)105-41)61(90)64(107-42-24-36(80)53(82)28(5)103-42)34-23-32-22-33-45(55(84)44(32)69(92)76(34,74)96)56(85)49(67(100-11)63(33)98-9)48-57(86)46-47(60(89)66(48)99-10)58(87)50-51(59(46)88)70(93)77(97)52-65(50)111-75(77,20-13-2)72(110-39-16-14-35(79)26(3)101-39)62(91)68(52)108-43-25-37(81)54(83)29(6)104-43/h22,26-29,31-32,34-44,52-54,61-62,64-65,68,71-72,79-83,85,87-91,94-97H,12-21,23-25H2,1-11H3/t26-,27-,28+,29+,31+,32?,34?,35?,36-,37-,38?,39+,40+,41+,42+,43+,44?,52?,53+,54+,61?,62?,64?,65?,68?,71?,72?,73-,74?,75?,76?,77?/m1/s1. The minimum atomic E-state index is -3.17. The number of ether oxygens (including phenoxy) is 14. The van der Waals surface area contributed by atoms with E-state index in [2.05, 4.69) is 0 Å². The maximum atomic E-state index is 16.3. The Morgan fingerprint density at radius 3 is 1.70 bits per heavy atom. The second-order valence-corrected chi connectivity index (χ2v) is 32.1. The number of aliphatic hydroxyl groups excluding tert-OH is 8. The normalized spacial score (nSPS) is 45.1. The van der Waals surface area contributed by atoms with E-state index in [4.69, 9.17) is 66.3 Å². The monoisotopic (exact) mass is 1570 g/mol. The van der Waals surface area contributed by atoms with E-state index >= 15 is 19.2 Å². The molecular formula is C77H102O34. The van der Waals surface area contributed by atoms with Crippen LogP contribution in [0, 0.1) is 23.7 Å². The molecule has 15 N–H and O–H groups in total. The zero-order valence-electron chi connectivity index (χ0n) is 63.3. The molecule has 6 aliphatic heterocycles. The minimum absolute atomic E-state index is 0.00189. The predicted octanol–water partition coefficient (Wildman–Crippen LogP) is -0.400. The van der Waals surface area contributed by atoms with E-state index in [-0.39, 0.29) is 63.0 Å². The molecule has 34 nitrogen and oxygen atoms in total. The van der Waals surface area contributed by atoms with Gasteiger partial charge in [-0.15, -0.1) is 0 Å². The van der Waals surface area contributed by atoms with Crippen LogP contribution in [0.1, 0.15) is 187 Å². The molecule has 6 heterocycles. The summed E-state index contributed by atoms with van der Waals surface area (Å²) in [5.41, 5.74) is -18.3. The highest BCUT2D eigenvalue weighted by Gasteiger charge is 2.82. The molecule has 111 heavy (non-hydrogen) atoms. The third-order valence-corrected chi connectivity index (χ3v) is 26.0. The van der Waals surface area contributed by atoms with Gasteiger partial charge in [0.05, 0.1) is 139 Å². The number of phenolic OH excluding ortho intramolecular Hbond substituents is 3. The first kappa shape index (κ1) is 81.6. The van der Waals surface area contributed by atoms with Crippen LogP contribution in [0.25, 0.3) is 17.4 Å². The van der Waals surface area contributed by atoms with Crippen LogP contribution < -0.4 is 19.9 Å². The fourth-order valence-electron chi connectivity index (χ4n) is 20.3. The van der Waals surface area contributed by atoms with Crippen molar-refractivity contribution in [2.45, 2.75) is 308 Å². The lowest BCUT2D eigenvalue weighted by molar-refractivity contribution is -0.363. The summed E-state index contributed by atoms with van der Waals surface area (Å²) in [6, 6.07) is 0. The number of phenols is 3. The second kappa shape index (κ2) is 29.6. The summed E-state index contributed by atoms with van der Waals surface area (Å²) in [5, 5.41) is 183. The minimum Gasteiger partial charge on any atom is -0.507 e. The lowest BCUT2D eigenvalue weighted by Gasteiger charge is -2.62. The molecule has 3 saturated carbocycles. The summed E-state index contributed by atoms with van der Waals surface area (Å²) >= 11 is 0. The van der Waals surface area contributed by atoms with E-state index in [1.165, 1.54) is 26.8 Å². The van der Waals surface area contributed by atoms with Gasteiger partial charge in [0.2, 0.25) is 11.6 Å². The topological polar surface area (TPSA) is 518 Å². The van der Waals surface area contributed by atoms with Crippen molar-refractivity contribution in [3.05, 3.63) is 44.0 Å². The van der Waals surface area contributed by atoms with Crippen molar-refractivity contribution >= 4 is 46.3 Å². The van der Waals surface area contributed by atoms with Crippen LogP contribution in [0.15, 0.2) is 5.76 Å². The highest BCUT2D eigenvalue weighted by molar-refractivity contribution is 6.35. The number of rotatable bonds is 18. The van der Waals surface area contributed by atoms with E-state index in [0.717, 1.165) is 21.3 Å². The molecule has 12 aliphatic rings. The van der Waals surface area contributed by atoms with Crippen molar-refractivity contribution in [2.75, 3.05) is 21.3 Å². The summed E-state index contributed by atoms with van der Waals surface area (Å²) in [4.78, 5) is 76.9. The maximum Gasteiger partial charge on any atom is 0.202 e. The largest absolute Gasteiger partial charge is 0.507 e. The molecule has 0 radical (unpaired) electrons. The number of carbonyl (C=O) groups is 5. The highest BCUT2D eigenvalue weighted by Crippen LogP contribution is 2.69. The molecule has 17 unspecified atom stereocenters. The summed E-state index contributed by atoms with van der Waals surface area (Å²) in [5.74, 6) is -19.5. The number of hydrogen-bond acceptors (Lipinski definition) is 34. The third-order valence-electron chi connectivity index (χ3n) is 26.0. The van der Waals surface area contributed by atoms with Crippen LogP contribution in [0.2, 0.25) is 0 Å². The quantitative estimate of drug-likeness (QED) is 0.0513. The Labute approximate surface area is 636 Å². The van der Waals surface area contributed by atoms with Crippen LogP contribution in [0.5, 0.6) is 28.7 Å². The van der Waals surface area contributed by atoms with E-state index in [1.807, 2.05) is 0 Å². The van der Waals surface area contributed by atoms with Crippen LogP contribution >= 0.6 is 0 Å². The van der Waals surface area contributed by atoms with Gasteiger partial charge in [-0.2, -0.15) is 0 Å². The number of ketones is 5. The summed E-state index contributed by atoms with van der Waals surface area (Å²) in [6.45, 7) is 12.2. The lowest BCUT2D eigenvalue weighted by atomic mass is 9.50. The molecule has 6 saturated heterocycles. The van der Waals surface area contributed by atoms with Gasteiger partial charge in [-0.05, 0) is 86.0 Å². The zero-order chi connectivity index (χ0) is 80.4. The molecule has 0 aromatic heterocycles. The predicted molar refractivity (Wildman–Crippen MR) is 373 cm³/mol. The maximum absolute atomic E-state index is 16.3. The molecule has 2 aromatic rings. The van der Waals surface area contributed by atoms with Gasteiger partial charge in [-0.25, -0.2) is 0 Å². The van der Waals surface area contributed by atoms with Crippen LogP contribution in [-0.2, 0) is 66.4 Å². The molecule has 14 rings (SSSR count). The van der Waals surface area contributed by atoms with E-state index < -0.39 is 326 Å². The van der Waals surface area contributed by atoms with Crippen LogP contribution in [-0.4, -0.2) is 290 Å². The van der Waals surface area contributed by atoms with Crippen LogP contribution in [0.4, 0.5) is 0 Å². The average molecular weight is 1570 g/mol. The number of aromatic hydroxyl groups is 3. The number of hydrogen-bond donors (Lipinski definition) is 15. The highest BCUT2D eigenvalue weighted by atomic mass is 16.7. The number of benzene rings is 2. The van der Waals surface area contributed by atoms with Crippen molar-refractivity contribution in [2.24, 2.45) is 23.7 Å². The molecule has 9 fully saturated rings. The molecule has 0 spiro atoms. The average Bonchev–Trinajstić information content (AvgIpc) is 1.48. The molecule has 34 heteroatoms. The van der Waals surface area contributed by atoms with Crippen molar-refractivity contribution in [1.82, 2.24) is 0 Å². The summed E-state index contributed by atoms with van der Waals surface area (Å²) in [6.07, 6.45) is -31.4. The van der Waals surface area contributed by atoms with Gasteiger partial charge in [-0.3, -0.25) is 24.0 Å². The number of carbonyl (C=O) groups excluding carboxylic acids is 5. The molecule has 614 valence electrons. The fourth-order valence-corrected chi connectivity index (χ4v) is 20.3. The zero-order valence-corrected chi connectivity index (χ0v) is 63.3. The Morgan fingerprint density at radius 1 is 0.559 bits per heavy atom. The van der Waals surface area contributed by atoms with Gasteiger partial charge < -0.3 is 143 Å². The molecule has 0 amide bonds. The first-order valence-electron chi connectivity index (χ1n) is 38.3. The molecular weight excluding hydrogens is 1470 g/mol. The number of methoxy groups -OCH3 is 3. The second-order valence-electron chi connectivity index (χ2n) is 32.1. The fraction of sp³-hybridized carbons (Fsp3) is 0.727. The van der Waals surface area contributed by atoms with Gasteiger partial charge >= 0.3 is 0 Å². The smallest absolute Gasteiger partial charge is 0.202 e. The Balaban J connectivity index is 0.865. The number of aliphatic hydroxyl groups is 12. The van der Waals surface area contributed by atoms with Crippen LogP contribution in [0.3, 0.4) is 0 Å². The Hall–Kier alpha value is -6.01. The third kappa shape index (κ3) is 12.1. The van der Waals surface area contributed by atoms with Crippen molar-refractivity contribution in [3.63, 3.8) is 0 Å². The van der Waals surface area contributed by atoms with Gasteiger partial charge in [0.15, 0.2) is 83.0 Å². The molecule has 32 atom stereocenters. The number of fused-ring (bicyclic) bond motifs is 6. The Morgan fingerprint density at radius 2 is 1.14 bits per heavy atom. The summed E-state index contributed by atoms with van der Waals surface area (Å²) < 4.78 is 87.4. The van der Waals surface area contributed by atoms with Crippen molar-refractivity contribution in [3.8, 4) is 28.7 Å². The van der Waals surface area contributed by atoms with Crippen molar-refractivity contribution in [1.29, 1.82) is 0 Å².